The van der Waals surface area contributed by atoms with Crippen LogP contribution in [0.4, 0.5) is 0 Å². The third-order valence-electron chi connectivity index (χ3n) is 3.58. The van der Waals surface area contributed by atoms with Crippen molar-refractivity contribution in [1.29, 1.82) is 0 Å². The van der Waals surface area contributed by atoms with Crippen LogP contribution in [0.5, 0.6) is 0 Å². The van der Waals surface area contributed by atoms with Crippen molar-refractivity contribution in [3.8, 4) is 0 Å². The molecule has 8 nitrogen and oxygen atoms in total. The summed E-state index contributed by atoms with van der Waals surface area (Å²) in [4.78, 5) is 12.1. The molecule has 1 aromatic carbocycles. The molecule has 0 saturated carbocycles. The molecular formula is C16H24ClN5O3S. The highest BCUT2D eigenvalue weighted by molar-refractivity contribution is 7.89. The highest BCUT2D eigenvalue weighted by Crippen LogP contribution is 2.10. The second-order valence-electron chi connectivity index (χ2n) is 5.49. The molecule has 0 atom stereocenters. The topological polar surface area (TPSA) is 116 Å². The molecule has 144 valence electrons. The molecule has 1 aromatic heterocycles. The molecule has 0 aliphatic carbocycles. The third kappa shape index (κ3) is 6.75. The maximum atomic E-state index is 12.2. The van der Waals surface area contributed by atoms with Crippen molar-refractivity contribution in [3.05, 3.63) is 47.8 Å². The molecule has 0 saturated heterocycles. The lowest BCUT2D eigenvalue weighted by Crippen LogP contribution is -2.27. The molecule has 0 radical (unpaired) electrons. The van der Waals surface area contributed by atoms with Crippen molar-refractivity contribution in [2.24, 2.45) is 0 Å². The van der Waals surface area contributed by atoms with Gasteiger partial charge in [-0.25, -0.2) is 13.1 Å². The molecule has 1 heterocycles. The van der Waals surface area contributed by atoms with Crippen LogP contribution in [-0.4, -0.2) is 51.2 Å². The maximum Gasteiger partial charge on any atom is 0.251 e. The summed E-state index contributed by atoms with van der Waals surface area (Å²) in [6.45, 7) is 1.66. The fourth-order valence-corrected chi connectivity index (χ4v) is 3.21. The van der Waals surface area contributed by atoms with Crippen molar-refractivity contribution in [2.45, 2.75) is 17.7 Å². The van der Waals surface area contributed by atoms with Crippen LogP contribution in [0.2, 0.25) is 0 Å². The number of benzene rings is 1. The fourth-order valence-electron chi connectivity index (χ4n) is 2.18. The molecule has 0 spiro atoms. The number of sulfonamides is 1. The van der Waals surface area contributed by atoms with Crippen LogP contribution in [-0.2, 0) is 16.4 Å². The molecule has 4 N–H and O–H groups in total. The number of carbonyl (C=O) groups excluding carboxylic acids is 1. The monoisotopic (exact) mass is 401 g/mol. The zero-order valence-corrected chi connectivity index (χ0v) is 16.1. The number of carbonyl (C=O) groups is 1. The fraction of sp³-hybridized carbons (Fsp3) is 0.375. The van der Waals surface area contributed by atoms with Gasteiger partial charge >= 0.3 is 0 Å². The van der Waals surface area contributed by atoms with Gasteiger partial charge in [0.25, 0.3) is 5.91 Å². The molecular weight excluding hydrogens is 378 g/mol. The van der Waals surface area contributed by atoms with Crippen LogP contribution in [0.1, 0.15) is 22.3 Å². The summed E-state index contributed by atoms with van der Waals surface area (Å²) in [6.07, 6.45) is 4.74. The summed E-state index contributed by atoms with van der Waals surface area (Å²) in [5, 5.41) is 12.3. The van der Waals surface area contributed by atoms with Crippen LogP contribution >= 0.6 is 12.4 Å². The van der Waals surface area contributed by atoms with Crippen molar-refractivity contribution in [2.75, 3.05) is 26.7 Å². The maximum absolute atomic E-state index is 12.2. The Morgan fingerprint density at radius 3 is 2.50 bits per heavy atom. The first-order chi connectivity index (χ1) is 12.0. The first-order valence-corrected chi connectivity index (χ1v) is 9.51. The Balaban J connectivity index is 0.00000338. The standard InChI is InChI=1S/C16H23N5O3S.ClH/c1-17-8-2-9-18-16(22)14-3-5-15(6-4-14)25(23,24)21-10-7-13-11-19-20-12-13;/h3-6,11-12,17,21H,2,7-10H2,1H3,(H,18,22)(H,19,20);1H. The van der Waals surface area contributed by atoms with Crippen LogP contribution in [0.15, 0.2) is 41.6 Å². The number of H-pyrrole nitrogens is 1. The normalized spacial score (nSPS) is 11.0. The number of rotatable bonds is 10. The second kappa shape index (κ2) is 10.9. The Hall–Kier alpha value is -1.94. The number of aromatic amines is 1. The van der Waals surface area contributed by atoms with E-state index in [2.05, 4.69) is 25.6 Å². The predicted molar refractivity (Wildman–Crippen MR) is 102 cm³/mol. The lowest BCUT2D eigenvalue weighted by Gasteiger charge is -2.08. The predicted octanol–water partition coefficient (Wildman–Crippen LogP) is 0.692. The molecule has 10 heteroatoms. The number of nitrogens with one attached hydrogen (secondary N) is 4. The molecule has 1 amide bonds. The number of nitrogens with zero attached hydrogens (tertiary/aromatic N) is 1. The number of halogens is 1. The van der Waals surface area contributed by atoms with Gasteiger partial charge in [-0.2, -0.15) is 5.10 Å². The minimum Gasteiger partial charge on any atom is -0.352 e. The van der Waals surface area contributed by atoms with Crippen molar-refractivity contribution in [1.82, 2.24) is 25.6 Å². The van der Waals surface area contributed by atoms with Crippen LogP contribution < -0.4 is 15.4 Å². The average Bonchev–Trinajstić information content (AvgIpc) is 3.12. The summed E-state index contributed by atoms with van der Waals surface area (Å²) in [5.74, 6) is -0.215. The molecule has 0 fully saturated rings. The first-order valence-electron chi connectivity index (χ1n) is 8.03. The van der Waals surface area contributed by atoms with E-state index >= 15 is 0 Å². The van der Waals surface area contributed by atoms with E-state index in [9.17, 15) is 13.2 Å². The van der Waals surface area contributed by atoms with E-state index in [1.54, 1.807) is 12.4 Å². The van der Waals surface area contributed by atoms with Gasteiger partial charge in [-0.3, -0.25) is 9.89 Å². The Morgan fingerprint density at radius 1 is 1.15 bits per heavy atom. The Kier molecular flexibility index (Phi) is 9.28. The highest BCUT2D eigenvalue weighted by atomic mass is 35.5. The highest BCUT2D eigenvalue weighted by Gasteiger charge is 2.14. The average molecular weight is 402 g/mol. The van der Waals surface area contributed by atoms with Crippen LogP contribution in [0.3, 0.4) is 0 Å². The zero-order chi connectivity index (χ0) is 18.1. The van der Waals surface area contributed by atoms with Gasteiger partial charge in [-0.1, -0.05) is 0 Å². The summed E-state index contributed by atoms with van der Waals surface area (Å²) in [5.41, 5.74) is 1.36. The van der Waals surface area contributed by atoms with Gasteiger partial charge in [0.1, 0.15) is 0 Å². The van der Waals surface area contributed by atoms with Gasteiger partial charge in [-0.15, -0.1) is 12.4 Å². The van der Waals surface area contributed by atoms with Crippen LogP contribution in [0, 0.1) is 0 Å². The lowest BCUT2D eigenvalue weighted by atomic mass is 10.2. The molecule has 2 rings (SSSR count). The first kappa shape index (κ1) is 22.1. The molecule has 2 aromatic rings. The summed E-state index contributed by atoms with van der Waals surface area (Å²) in [6, 6.07) is 5.89. The van der Waals surface area contributed by atoms with Crippen molar-refractivity contribution >= 4 is 28.3 Å². The third-order valence-corrected chi connectivity index (χ3v) is 5.05. The minimum atomic E-state index is -3.60. The van der Waals surface area contributed by atoms with Crippen molar-refractivity contribution in [3.63, 3.8) is 0 Å². The molecule has 0 aliphatic rings. The zero-order valence-electron chi connectivity index (χ0n) is 14.5. The number of hydrogen-bond donors (Lipinski definition) is 4. The van der Waals surface area contributed by atoms with E-state index in [0.29, 0.717) is 18.5 Å². The lowest BCUT2D eigenvalue weighted by molar-refractivity contribution is 0.0953. The Bertz CT molecular complexity index is 764. The molecule has 26 heavy (non-hydrogen) atoms. The number of hydrogen-bond acceptors (Lipinski definition) is 5. The van der Waals surface area contributed by atoms with E-state index in [4.69, 9.17) is 0 Å². The SMILES string of the molecule is CNCCCNC(=O)c1ccc(S(=O)(=O)NCCc2cn[nH]c2)cc1.Cl. The molecule has 0 unspecified atom stereocenters. The summed E-state index contributed by atoms with van der Waals surface area (Å²) >= 11 is 0. The quantitative estimate of drug-likeness (QED) is 0.437. The second-order valence-corrected chi connectivity index (χ2v) is 7.26. The van der Waals surface area contributed by atoms with E-state index in [-0.39, 0.29) is 29.8 Å². The van der Waals surface area contributed by atoms with Gasteiger partial charge in [0.2, 0.25) is 10.0 Å². The van der Waals surface area contributed by atoms with Gasteiger partial charge in [0.15, 0.2) is 0 Å². The number of aromatic nitrogens is 2. The van der Waals surface area contributed by atoms with Gasteiger partial charge in [-0.05, 0) is 56.3 Å². The van der Waals surface area contributed by atoms with Gasteiger partial charge < -0.3 is 10.6 Å². The van der Waals surface area contributed by atoms with Crippen molar-refractivity contribution < 1.29 is 13.2 Å². The van der Waals surface area contributed by atoms with Gasteiger partial charge in [0, 0.05) is 24.8 Å². The minimum absolute atomic E-state index is 0. The van der Waals surface area contributed by atoms with E-state index in [0.717, 1.165) is 18.5 Å². The van der Waals surface area contributed by atoms with Crippen LogP contribution in [0.25, 0.3) is 0 Å². The van der Waals surface area contributed by atoms with E-state index in [1.807, 2.05) is 7.05 Å². The summed E-state index contributed by atoms with van der Waals surface area (Å²) < 4.78 is 27.0. The molecule has 0 aliphatic heterocycles. The number of amides is 1. The van der Waals surface area contributed by atoms with E-state index < -0.39 is 10.0 Å². The Labute approximate surface area is 159 Å². The Morgan fingerprint density at radius 2 is 1.88 bits per heavy atom. The molecule has 0 bridgehead atoms. The smallest absolute Gasteiger partial charge is 0.251 e. The van der Waals surface area contributed by atoms with Gasteiger partial charge in [0.05, 0.1) is 11.1 Å². The summed E-state index contributed by atoms with van der Waals surface area (Å²) in [7, 11) is -1.75. The largest absolute Gasteiger partial charge is 0.352 e. The van der Waals surface area contributed by atoms with E-state index in [1.165, 1.54) is 24.3 Å².